The predicted molar refractivity (Wildman–Crippen MR) is 65.2 cm³/mol. The second-order valence-corrected chi connectivity index (χ2v) is 5.02. The monoisotopic (exact) mass is 300 g/mol. The number of rotatable bonds is 3. The first-order valence-corrected chi connectivity index (χ1v) is 6.11. The lowest BCUT2D eigenvalue weighted by atomic mass is 10.1. The highest BCUT2D eigenvalue weighted by Gasteiger charge is 2.12. The molecule has 1 heterocycles. The van der Waals surface area contributed by atoms with E-state index < -0.39 is 11.6 Å². The van der Waals surface area contributed by atoms with Crippen LogP contribution in [0.5, 0.6) is 0 Å². The van der Waals surface area contributed by atoms with Gasteiger partial charge in [-0.2, -0.15) is 0 Å². The summed E-state index contributed by atoms with van der Waals surface area (Å²) in [5.74, 6) is -0.806. The van der Waals surface area contributed by atoms with Crippen molar-refractivity contribution in [1.29, 1.82) is 0 Å². The molecule has 0 radical (unpaired) electrons. The fraction of sp³-hybridized carbons (Fsp3) is 0.231. The summed E-state index contributed by atoms with van der Waals surface area (Å²) in [5.41, 5.74) is 1.73. The number of alkyl halides is 1. The minimum absolute atomic E-state index is 0.0322. The third-order valence-corrected chi connectivity index (χ3v) is 3.36. The molecule has 1 aromatic heterocycles. The van der Waals surface area contributed by atoms with Gasteiger partial charge in [0.2, 0.25) is 0 Å². The molecule has 0 saturated heterocycles. The molecule has 4 heteroatoms. The predicted octanol–water partition coefficient (Wildman–Crippen LogP) is 4.54. The highest BCUT2D eigenvalue weighted by molar-refractivity contribution is 9.09. The Balaban J connectivity index is 2.12. The Morgan fingerprint density at radius 1 is 1.24 bits per heavy atom. The summed E-state index contributed by atoms with van der Waals surface area (Å²) in [4.78, 5) is 0.0322. The molecule has 0 N–H and O–H groups in total. The summed E-state index contributed by atoms with van der Waals surface area (Å²) in [5, 5.41) is 0. The second-order valence-electron chi connectivity index (χ2n) is 3.91. The van der Waals surface area contributed by atoms with Gasteiger partial charge in [0, 0.05) is 10.4 Å². The first kappa shape index (κ1) is 12.3. The van der Waals surface area contributed by atoms with Crippen LogP contribution in [0.4, 0.5) is 8.78 Å². The second kappa shape index (κ2) is 5.00. The van der Waals surface area contributed by atoms with Gasteiger partial charge in [0.1, 0.15) is 5.76 Å². The van der Waals surface area contributed by atoms with Gasteiger partial charge in [0.25, 0.3) is 0 Å². The maximum atomic E-state index is 13.0. The van der Waals surface area contributed by atoms with Crippen molar-refractivity contribution in [2.75, 3.05) is 0 Å². The Bertz CT molecular complexity index is 522. The molecule has 1 atom stereocenters. The average molecular weight is 301 g/mol. The summed E-state index contributed by atoms with van der Waals surface area (Å²) in [7, 11) is 0. The molecular formula is C13H11BrF2O. The van der Waals surface area contributed by atoms with Crippen LogP contribution in [-0.4, -0.2) is 0 Å². The van der Waals surface area contributed by atoms with Crippen LogP contribution >= 0.6 is 15.9 Å². The standard InChI is InChI=1S/C13H11BrF2O/c1-8-4-10(7-17-8)11(14)5-9-2-3-12(15)13(16)6-9/h2-4,6-7,11H,5H2,1H3. The van der Waals surface area contributed by atoms with Crippen LogP contribution in [0.25, 0.3) is 0 Å². The highest BCUT2D eigenvalue weighted by atomic mass is 79.9. The van der Waals surface area contributed by atoms with Crippen LogP contribution in [0.15, 0.2) is 34.9 Å². The van der Waals surface area contributed by atoms with Crippen molar-refractivity contribution in [2.45, 2.75) is 18.2 Å². The van der Waals surface area contributed by atoms with E-state index >= 15 is 0 Å². The van der Waals surface area contributed by atoms with Gasteiger partial charge in [-0.1, -0.05) is 22.0 Å². The zero-order valence-corrected chi connectivity index (χ0v) is 10.8. The number of hydrogen-bond donors (Lipinski definition) is 0. The minimum Gasteiger partial charge on any atom is -0.469 e. The largest absolute Gasteiger partial charge is 0.469 e. The van der Waals surface area contributed by atoms with E-state index in [0.717, 1.165) is 23.0 Å². The van der Waals surface area contributed by atoms with E-state index in [1.165, 1.54) is 6.07 Å². The summed E-state index contributed by atoms with van der Waals surface area (Å²) < 4.78 is 31.0. The molecular weight excluding hydrogens is 290 g/mol. The van der Waals surface area contributed by atoms with E-state index in [9.17, 15) is 8.78 Å². The van der Waals surface area contributed by atoms with Crippen molar-refractivity contribution in [3.63, 3.8) is 0 Å². The Kier molecular flexibility index (Phi) is 3.62. The van der Waals surface area contributed by atoms with Crippen molar-refractivity contribution < 1.29 is 13.2 Å². The molecule has 90 valence electrons. The SMILES string of the molecule is Cc1cc(C(Br)Cc2ccc(F)c(F)c2)co1. The van der Waals surface area contributed by atoms with Crippen LogP contribution in [-0.2, 0) is 6.42 Å². The lowest BCUT2D eigenvalue weighted by Gasteiger charge is -2.07. The van der Waals surface area contributed by atoms with Gasteiger partial charge in [-0.05, 0) is 37.1 Å². The fourth-order valence-electron chi connectivity index (χ4n) is 1.62. The van der Waals surface area contributed by atoms with Crippen molar-refractivity contribution in [2.24, 2.45) is 0 Å². The van der Waals surface area contributed by atoms with Crippen LogP contribution < -0.4 is 0 Å². The van der Waals surface area contributed by atoms with E-state index in [0.29, 0.717) is 6.42 Å². The van der Waals surface area contributed by atoms with Gasteiger partial charge in [-0.3, -0.25) is 0 Å². The van der Waals surface area contributed by atoms with E-state index in [1.807, 2.05) is 13.0 Å². The zero-order valence-electron chi connectivity index (χ0n) is 9.21. The first-order valence-electron chi connectivity index (χ1n) is 5.19. The normalized spacial score (nSPS) is 12.7. The maximum absolute atomic E-state index is 13.0. The molecule has 0 aliphatic carbocycles. The van der Waals surface area contributed by atoms with Gasteiger partial charge in [0.05, 0.1) is 6.26 Å². The minimum atomic E-state index is -0.820. The average Bonchev–Trinajstić information content (AvgIpc) is 2.70. The Hall–Kier alpha value is -1.16. The molecule has 1 unspecified atom stereocenters. The third kappa shape index (κ3) is 2.94. The smallest absolute Gasteiger partial charge is 0.159 e. The number of halogens is 3. The topological polar surface area (TPSA) is 13.1 Å². The fourth-order valence-corrected chi connectivity index (χ4v) is 2.23. The zero-order chi connectivity index (χ0) is 12.4. The Morgan fingerprint density at radius 2 is 2.00 bits per heavy atom. The van der Waals surface area contributed by atoms with Gasteiger partial charge in [-0.25, -0.2) is 8.78 Å². The quantitative estimate of drug-likeness (QED) is 0.758. The molecule has 1 aromatic carbocycles. The summed E-state index contributed by atoms with van der Waals surface area (Å²) in [6.07, 6.45) is 2.24. The van der Waals surface area contributed by atoms with Crippen LogP contribution in [0.2, 0.25) is 0 Å². The molecule has 0 saturated carbocycles. The lowest BCUT2D eigenvalue weighted by molar-refractivity contribution is 0.507. The highest BCUT2D eigenvalue weighted by Crippen LogP contribution is 2.28. The summed E-state index contributed by atoms with van der Waals surface area (Å²) in [6.45, 7) is 1.86. The van der Waals surface area contributed by atoms with Crippen LogP contribution in [0.3, 0.4) is 0 Å². The molecule has 0 aliphatic rings. The first-order chi connectivity index (χ1) is 8.06. The number of benzene rings is 1. The van der Waals surface area contributed by atoms with Crippen LogP contribution in [0.1, 0.15) is 21.7 Å². The summed E-state index contributed by atoms with van der Waals surface area (Å²) >= 11 is 3.50. The number of hydrogen-bond acceptors (Lipinski definition) is 1. The van der Waals surface area contributed by atoms with Crippen molar-refractivity contribution in [3.8, 4) is 0 Å². The van der Waals surface area contributed by atoms with E-state index in [2.05, 4.69) is 15.9 Å². The van der Waals surface area contributed by atoms with E-state index in [-0.39, 0.29) is 4.83 Å². The van der Waals surface area contributed by atoms with E-state index in [4.69, 9.17) is 4.42 Å². The van der Waals surface area contributed by atoms with Gasteiger partial charge in [0.15, 0.2) is 11.6 Å². The number of aryl methyl sites for hydroxylation is 1. The third-order valence-electron chi connectivity index (χ3n) is 2.51. The molecule has 17 heavy (non-hydrogen) atoms. The molecule has 0 spiro atoms. The Labute approximate surface area is 107 Å². The van der Waals surface area contributed by atoms with Gasteiger partial charge in [-0.15, -0.1) is 0 Å². The molecule has 1 nitrogen and oxygen atoms in total. The van der Waals surface area contributed by atoms with Gasteiger partial charge >= 0.3 is 0 Å². The Morgan fingerprint density at radius 3 is 2.59 bits per heavy atom. The van der Waals surface area contributed by atoms with Crippen LogP contribution in [0, 0.1) is 18.6 Å². The van der Waals surface area contributed by atoms with E-state index in [1.54, 1.807) is 12.3 Å². The van der Waals surface area contributed by atoms with Gasteiger partial charge < -0.3 is 4.42 Å². The van der Waals surface area contributed by atoms with Crippen molar-refractivity contribution in [1.82, 2.24) is 0 Å². The van der Waals surface area contributed by atoms with Crippen molar-refractivity contribution in [3.05, 3.63) is 59.1 Å². The molecule has 0 fully saturated rings. The lowest BCUT2D eigenvalue weighted by Crippen LogP contribution is -1.95. The molecule has 0 aliphatic heterocycles. The molecule has 0 amide bonds. The molecule has 2 rings (SSSR count). The number of furan rings is 1. The maximum Gasteiger partial charge on any atom is 0.159 e. The molecule has 0 bridgehead atoms. The molecule has 2 aromatic rings. The summed E-state index contributed by atoms with van der Waals surface area (Å²) in [6, 6.07) is 5.86. The van der Waals surface area contributed by atoms with Crippen molar-refractivity contribution >= 4 is 15.9 Å².